The monoisotopic (exact) mass is 281 g/mol. The molecule has 0 saturated carbocycles. The van der Waals surface area contributed by atoms with Crippen LogP contribution in [0.3, 0.4) is 0 Å². The first kappa shape index (κ1) is 14.2. The number of rotatable bonds is 4. The van der Waals surface area contributed by atoms with E-state index in [0.29, 0.717) is 23.3 Å². The molecule has 104 valence electrons. The molecule has 1 aliphatic rings. The smallest absolute Gasteiger partial charge is 0.319 e. The van der Waals surface area contributed by atoms with Gasteiger partial charge in [-0.3, -0.25) is 0 Å². The van der Waals surface area contributed by atoms with Crippen LogP contribution in [0, 0.1) is 0 Å². The summed E-state index contributed by atoms with van der Waals surface area (Å²) in [5.41, 5.74) is 0.711. The van der Waals surface area contributed by atoms with Crippen molar-refractivity contribution in [3.63, 3.8) is 0 Å². The number of carbonyl (C=O) groups excluding carboxylic acids is 1. The SMILES string of the molecule is CN1CCCC1CCNC(=O)Nc1cccc(Cl)c1. The molecule has 1 atom stereocenters. The minimum atomic E-state index is -0.178. The molecular weight excluding hydrogens is 262 g/mol. The first-order valence-electron chi connectivity index (χ1n) is 6.66. The fraction of sp³-hybridized carbons (Fsp3) is 0.500. The molecule has 0 spiro atoms. The van der Waals surface area contributed by atoms with Crippen molar-refractivity contribution < 1.29 is 4.79 Å². The molecule has 1 aliphatic heterocycles. The lowest BCUT2D eigenvalue weighted by atomic mass is 10.1. The molecule has 2 N–H and O–H groups in total. The number of hydrogen-bond donors (Lipinski definition) is 2. The van der Waals surface area contributed by atoms with Gasteiger partial charge in [0.05, 0.1) is 0 Å². The molecule has 1 heterocycles. The molecule has 19 heavy (non-hydrogen) atoms. The predicted molar refractivity (Wildman–Crippen MR) is 78.7 cm³/mol. The lowest BCUT2D eigenvalue weighted by Crippen LogP contribution is -2.34. The van der Waals surface area contributed by atoms with Gasteiger partial charge in [0.15, 0.2) is 0 Å². The first-order valence-corrected chi connectivity index (χ1v) is 7.03. The Morgan fingerprint density at radius 2 is 2.37 bits per heavy atom. The highest BCUT2D eigenvalue weighted by Gasteiger charge is 2.20. The topological polar surface area (TPSA) is 44.4 Å². The normalized spacial score (nSPS) is 19.4. The van der Waals surface area contributed by atoms with Crippen molar-refractivity contribution in [3.8, 4) is 0 Å². The van der Waals surface area contributed by atoms with Crippen molar-refractivity contribution in [2.24, 2.45) is 0 Å². The van der Waals surface area contributed by atoms with Gasteiger partial charge in [-0.05, 0) is 51.1 Å². The van der Waals surface area contributed by atoms with Gasteiger partial charge in [-0.25, -0.2) is 4.79 Å². The largest absolute Gasteiger partial charge is 0.338 e. The second kappa shape index (κ2) is 6.78. The van der Waals surface area contributed by atoms with Crippen molar-refractivity contribution in [3.05, 3.63) is 29.3 Å². The van der Waals surface area contributed by atoms with Crippen LogP contribution in [0.25, 0.3) is 0 Å². The van der Waals surface area contributed by atoms with E-state index < -0.39 is 0 Å². The fourth-order valence-corrected chi connectivity index (χ4v) is 2.63. The number of carbonyl (C=O) groups is 1. The fourth-order valence-electron chi connectivity index (χ4n) is 2.44. The Bertz CT molecular complexity index is 438. The number of nitrogens with zero attached hydrogens (tertiary/aromatic N) is 1. The first-order chi connectivity index (χ1) is 9.15. The number of halogens is 1. The van der Waals surface area contributed by atoms with Crippen molar-refractivity contribution in [1.82, 2.24) is 10.2 Å². The summed E-state index contributed by atoms with van der Waals surface area (Å²) >= 11 is 5.86. The molecule has 1 unspecified atom stereocenters. The molecule has 0 aromatic heterocycles. The third-order valence-corrected chi connectivity index (χ3v) is 3.75. The molecule has 0 bridgehead atoms. The van der Waals surface area contributed by atoms with E-state index in [4.69, 9.17) is 11.6 Å². The Morgan fingerprint density at radius 1 is 1.53 bits per heavy atom. The predicted octanol–water partition coefficient (Wildman–Crippen LogP) is 2.95. The quantitative estimate of drug-likeness (QED) is 0.891. The molecule has 4 nitrogen and oxygen atoms in total. The van der Waals surface area contributed by atoms with Crippen LogP contribution in [0.1, 0.15) is 19.3 Å². The zero-order chi connectivity index (χ0) is 13.7. The molecule has 1 saturated heterocycles. The van der Waals surface area contributed by atoms with Crippen LogP contribution in [0.2, 0.25) is 5.02 Å². The molecule has 1 fully saturated rings. The van der Waals surface area contributed by atoms with E-state index in [-0.39, 0.29) is 6.03 Å². The highest BCUT2D eigenvalue weighted by molar-refractivity contribution is 6.30. The number of benzene rings is 1. The molecule has 1 aromatic rings. The Morgan fingerprint density at radius 3 is 3.05 bits per heavy atom. The van der Waals surface area contributed by atoms with Gasteiger partial charge in [-0.15, -0.1) is 0 Å². The van der Waals surface area contributed by atoms with Crippen LogP contribution in [0.15, 0.2) is 24.3 Å². The maximum Gasteiger partial charge on any atom is 0.319 e. The van der Waals surface area contributed by atoms with Gasteiger partial charge >= 0.3 is 6.03 Å². The summed E-state index contributed by atoms with van der Waals surface area (Å²) in [6, 6.07) is 7.56. The summed E-state index contributed by atoms with van der Waals surface area (Å²) in [5, 5.41) is 6.27. The van der Waals surface area contributed by atoms with Gasteiger partial charge in [0.25, 0.3) is 0 Å². The number of likely N-dealkylation sites (tertiary alicyclic amines) is 1. The average Bonchev–Trinajstić information content (AvgIpc) is 2.75. The Labute approximate surface area is 119 Å². The maximum atomic E-state index is 11.7. The molecule has 2 amide bonds. The van der Waals surface area contributed by atoms with Crippen LogP contribution in [0.4, 0.5) is 10.5 Å². The van der Waals surface area contributed by atoms with Gasteiger partial charge < -0.3 is 15.5 Å². The van der Waals surface area contributed by atoms with Gasteiger partial charge in [-0.2, -0.15) is 0 Å². The maximum absolute atomic E-state index is 11.7. The average molecular weight is 282 g/mol. The zero-order valence-corrected chi connectivity index (χ0v) is 11.9. The second-order valence-electron chi connectivity index (χ2n) is 4.96. The van der Waals surface area contributed by atoms with Crippen molar-refractivity contribution in [2.45, 2.75) is 25.3 Å². The standard InChI is InChI=1S/C14H20ClN3O/c1-18-9-3-6-13(18)7-8-16-14(19)17-12-5-2-4-11(15)10-12/h2,4-5,10,13H,3,6-9H2,1H3,(H2,16,17,19). The molecule has 1 aromatic carbocycles. The van der Waals surface area contributed by atoms with E-state index in [1.54, 1.807) is 12.1 Å². The van der Waals surface area contributed by atoms with Crippen molar-refractivity contribution in [2.75, 3.05) is 25.5 Å². The van der Waals surface area contributed by atoms with Crippen LogP contribution in [-0.4, -0.2) is 37.1 Å². The summed E-state index contributed by atoms with van der Waals surface area (Å²) in [7, 11) is 2.14. The van der Waals surface area contributed by atoms with Crippen molar-refractivity contribution >= 4 is 23.3 Å². The van der Waals surface area contributed by atoms with Gasteiger partial charge in [0, 0.05) is 23.3 Å². The highest BCUT2D eigenvalue weighted by atomic mass is 35.5. The lowest BCUT2D eigenvalue weighted by molar-refractivity contribution is 0.249. The van der Waals surface area contributed by atoms with Gasteiger partial charge in [0.2, 0.25) is 0 Å². The minimum Gasteiger partial charge on any atom is -0.338 e. The van der Waals surface area contributed by atoms with Crippen LogP contribution in [0.5, 0.6) is 0 Å². The van der Waals surface area contributed by atoms with Crippen molar-refractivity contribution in [1.29, 1.82) is 0 Å². The third kappa shape index (κ3) is 4.40. The molecule has 0 aliphatic carbocycles. The Balaban J connectivity index is 1.70. The second-order valence-corrected chi connectivity index (χ2v) is 5.39. The molecular formula is C14H20ClN3O. The van der Waals surface area contributed by atoms with E-state index >= 15 is 0 Å². The number of urea groups is 1. The third-order valence-electron chi connectivity index (χ3n) is 3.52. The molecule has 2 rings (SSSR count). The summed E-state index contributed by atoms with van der Waals surface area (Å²) in [4.78, 5) is 14.1. The molecule has 0 radical (unpaired) electrons. The number of hydrogen-bond acceptors (Lipinski definition) is 2. The minimum absolute atomic E-state index is 0.178. The Hall–Kier alpha value is -1.26. The van der Waals surface area contributed by atoms with Crippen LogP contribution in [-0.2, 0) is 0 Å². The number of amides is 2. The van der Waals surface area contributed by atoms with Gasteiger partial charge in [-0.1, -0.05) is 17.7 Å². The van der Waals surface area contributed by atoms with E-state index in [9.17, 15) is 4.79 Å². The zero-order valence-electron chi connectivity index (χ0n) is 11.2. The molecule has 5 heteroatoms. The number of nitrogens with one attached hydrogen (secondary N) is 2. The van der Waals surface area contributed by atoms with E-state index in [0.717, 1.165) is 6.42 Å². The van der Waals surface area contributed by atoms with E-state index in [1.165, 1.54) is 19.4 Å². The van der Waals surface area contributed by atoms with Crippen LogP contribution >= 0.6 is 11.6 Å². The highest BCUT2D eigenvalue weighted by Crippen LogP contribution is 2.17. The summed E-state index contributed by atoms with van der Waals surface area (Å²) in [5.74, 6) is 0. The number of anilines is 1. The lowest BCUT2D eigenvalue weighted by Gasteiger charge is -2.19. The van der Waals surface area contributed by atoms with E-state index in [2.05, 4.69) is 22.6 Å². The van der Waals surface area contributed by atoms with Gasteiger partial charge in [0.1, 0.15) is 0 Å². The summed E-state index contributed by atoms with van der Waals surface area (Å²) in [6.45, 7) is 1.86. The summed E-state index contributed by atoms with van der Waals surface area (Å²) < 4.78 is 0. The Kier molecular flexibility index (Phi) is 5.05. The summed E-state index contributed by atoms with van der Waals surface area (Å²) in [6.07, 6.45) is 3.49. The van der Waals surface area contributed by atoms with Crippen LogP contribution < -0.4 is 10.6 Å². The van der Waals surface area contributed by atoms with E-state index in [1.807, 2.05) is 12.1 Å².